The Morgan fingerprint density at radius 3 is 2.76 bits per heavy atom. The average Bonchev–Trinajstić information content (AvgIpc) is 2.58. The molecule has 0 unspecified atom stereocenters. The summed E-state index contributed by atoms with van der Waals surface area (Å²) in [6.07, 6.45) is 0. The number of halogens is 1. The zero-order valence-electron chi connectivity index (χ0n) is 8.85. The first-order valence-corrected chi connectivity index (χ1v) is 6.67. The van der Waals surface area contributed by atoms with E-state index in [9.17, 15) is 9.59 Å². The van der Waals surface area contributed by atoms with Crippen molar-refractivity contribution < 1.29 is 14.7 Å². The van der Waals surface area contributed by atoms with Gasteiger partial charge in [0.1, 0.15) is 0 Å². The number of carboxylic acids is 1. The Morgan fingerprint density at radius 2 is 2.24 bits per heavy atom. The van der Waals surface area contributed by atoms with Gasteiger partial charge in [-0.3, -0.25) is 4.79 Å². The Morgan fingerprint density at radius 1 is 1.53 bits per heavy atom. The standard InChI is InChI=1S/C10H11BrN2O3S/c11-8-2-1-7(17-8)3-12-10(16)13-4-6(5-13)9(14)15/h1-2,6H,3-5H2,(H,12,16)(H,14,15). The van der Waals surface area contributed by atoms with Crippen molar-refractivity contribution in [1.29, 1.82) is 0 Å². The first kappa shape index (κ1) is 12.4. The molecule has 1 aliphatic heterocycles. The summed E-state index contributed by atoms with van der Waals surface area (Å²) in [4.78, 5) is 24.7. The van der Waals surface area contributed by atoms with Crippen molar-refractivity contribution in [2.45, 2.75) is 6.54 Å². The largest absolute Gasteiger partial charge is 0.481 e. The van der Waals surface area contributed by atoms with Crippen LogP contribution in [0.25, 0.3) is 0 Å². The summed E-state index contributed by atoms with van der Waals surface area (Å²) in [6, 6.07) is 3.66. The van der Waals surface area contributed by atoms with Crippen molar-refractivity contribution in [2.75, 3.05) is 13.1 Å². The van der Waals surface area contributed by atoms with Gasteiger partial charge in [-0.2, -0.15) is 0 Å². The predicted molar refractivity (Wildman–Crippen MR) is 67.0 cm³/mol. The Hall–Kier alpha value is -1.08. The van der Waals surface area contributed by atoms with Gasteiger partial charge in [-0.25, -0.2) is 4.79 Å². The maximum atomic E-state index is 11.6. The van der Waals surface area contributed by atoms with Crippen molar-refractivity contribution in [3.63, 3.8) is 0 Å². The van der Waals surface area contributed by atoms with Crippen molar-refractivity contribution in [3.05, 3.63) is 20.8 Å². The topological polar surface area (TPSA) is 69.6 Å². The molecule has 2 amide bonds. The second kappa shape index (κ2) is 5.05. The van der Waals surface area contributed by atoms with Gasteiger partial charge in [0, 0.05) is 18.0 Å². The number of carbonyl (C=O) groups is 2. The summed E-state index contributed by atoms with van der Waals surface area (Å²) in [5, 5.41) is 11.4. The highest BCUT2D eigenvalue weighted by molar-refractivity contribution is 9.11. The molecule has 0 aromatic carbocycles. The number of hydrogen-bond donors (Lipinski definition) is 2. The number of amides is 2. The molecule has 1 aromatic heterocycles. The number of likely N-dealkylation sites (tertiary alicyclic amines) is 1. The third kappa shape index (κ3) is 2.98. The van der Waals surface area contributed by atoms with Crippen LogP contribution in [-0.2, 0) is 11.3 Å². The summed E-state index contributed by atoms with van der Waals surface area (Å²) in [5.74, 6) is -1.24. The van der Waals surface area contributed by atoms with Crippen LogP contribution in [-0.4, -0.2) is 35.1 Å². The van der Waals surface area contributed by atoms with Gasteiger partial charge in [-0.05, 0) is 28.1 Å². The number of rotatable bonds is 3. The summed E-state index contributed by atoms with van der Waals surface area (Å²) in [6.45, 7) is 1.08. The fourth-order valence-corrected chi connectivity index (χ4v) is 2.94. The second-order valence-corrected chi connectivity index (χ2v) is 6.35. The van der Waals surface area contributed by atoms with Crippen LogP contribution < -0.4 is 5.32 Å². The summed E-state index contributed by atoms with van der Waals surface area (Å²) in [5.41, 5.74) is 0. The molecule has 1 aliphatic rings. The minimum Gasteiger partial charge on any atom is -0.481 e. The Labute approximate surface area is 111 Å². The number of nitrogens with zero attached hydrogens (tertiary/aromatic N) is 1. The van der Waals surface area contributed by atoms with Crippen LogP contribution in [0, 0.1) is 5.92 Å². The smallest absolute Gasteiger partial charge is 0.317 e. The third-order valence-corrected chi connectivity index (χ3v) is 4.18. The molecule has 0 bridgehead atoms. The summed E-state index contributed by atoms with van der Waals surface area (Å²) < 4.78 is 1.02. The molecule has 0 radical (unpaired) electrons. The van der Waals surface area contributed by atoms with E-state index >= 15 is 0 Å². The lowest BCUT2D eigenvalue weighted by Gasteiger charge is -2.36. The van der Waals surface area contributed by atoms with Gasteiger partial charge in [-0.1, -0.05) is 0 Å². The molecule has 2 N–H and O–H groups in total. The maximum Gasteiger partial charge on any atom is 0.317 e. The van der Waals surface area contributed by atoms with Crippen molar-refractivity contribution in [1.82, 2.24) is 10.2 Å². The summed E-state index contributed by atoms with van der Waals surface area (Å²) >= 11 is 4.91. The van der Waals surface area contributed by atoms with E-state index in [4.69, 9.17) is 5.11 Å². The fourth-order valence-electron chi connectivity index (χ4n) is 1.52. The molecule has 92 valence electrons. The second-order valence-electron chi connectivity index (χ2n) is 3.80. The molecule has 0 saturated carbocycles. The fraction of sp³-hybridized carbons (Fsp3) is 0.400. The zero-order valence-corrected chi connectivity index (χ0v) is 11.3. The third-order valence-electron chi connectivity index (χ3n) is 2.56. The van der Waals surface area contributed by atoms with E-state index in [1.807, 2.05) is 12.1 Å². The predicted octanol–water partition coefficient (Wildman–Crippen LogP) is 1.74. The molecule has 2 rings (SSSR count). The monoisotopic (exact) mass is 318 g/mol. The average molecular weight is 319 g/mol. The van der Waals surface area contributed by atoms with Crippen molar-refractivity contribution in [2.24, 2.45) is 5.92 Å². The number of thiophene rings is 1. The van der Waals surface area contributed by atoms with Crippen LogP contribution in [0.15, 0.2) is 15.9 Å². The molecule has 2 heterocycles. The molecule has 1 aromatic rings. The lowest BCUT2D eigenvalue weighted by atomic mass is 10.0. The van der Waals surface area contributed by atoms with Gasteiger partial charge >= 0.3 is 12.0 Å². The molecule has 0 aliphatic carbocycles. The quantitative estimate of drug-likeness (QED) is 0.891. The van der Waals surface area contributed by atoms with Gasteiger partial charge in [0.15, 0.2) is 0 Å². The van der Waals surface area contributed by atoms with E-state index in [-0.39, 0.29) is 6.03 Å². The highest BCUT2D eigenvalue weighted by Crippen LogP contribution is 2.22. The van der Waals surface area contributed by atoms with Gasteiger partial charge in [0.25, 0.3) is 0 Å². The number of carbonyl (C=O) groups excluding carboxylic acids is 1. The van der Waals surface area contributed by atoms with Gasteiger partial charge in [0.2, 0.25) is 0 Å². The Balaban J connectivity index is 1.74. The van der Waals surface area contributed by atoms with Crippen LogP contribution in [0.5, 0.6) is 0 Å². The van der Waals surface area contributed by atoms with E-state index in [0.29, 0.717) is 19.6 Å². The molecule has 5 nitrogen and oxygen atoms in total. The summed E-state index contributed by atoms with van der Waals surface area (Å²) in [7, 11) is 0. The van der Waals surface area contributed by atoms with Crippen LogP contribution in [0.4, 0.5) is 4.79 Å². The van der Waals surface area contributed by atoms with E-state index < -0.39 is 11.9 Å². The highest BCUT2D eigenvalue weighted by Gasteiger charge is 2.35. The first-order chi connectivity index (χ1) is 8.06. The molecule has 7 heteroatoms. The Bertz CT molecular complexity index is 443. The van der Waals surface area contributed by atoms with Gasteiger partial charge in [0.05, 0.1) is 16.2 Å². The number of urea groups is 1. The Kier molecular flexibility index (Phi) is 3.68. The normalized spacial score (nSPS) is 15.5. The van der Waals surface area contributed by atoms with Gasteiger partial charge < -0.3 is 15.3 Å². The lowest BCUT2D eigenvalue weighted by Crippen LogP contribution is -2.55. The molecule has 0 atom stereocenters. The molecular weight excluding hydrogens is 308 g/mol. The van der Waals surface area contributed by atoms with E-state index in [0.717, 1.165) is 8.66 Å². The number of aliphatic carboxylic acids is 1. The van der Waals surface area contributed by atoms with Crippen LogP contribution in [0.3, 0.4) is 0 Å². The minimum absolute atomic E-state index is 0.202. The zero-order chi connectivity index (χ0) is 12.4. The van der Waals surface area contributed by atoms with Crippen LogP contribution in [0.2, 0.25) is 0 Å². The van der Waals surface area contributed by atoms with Crippen LogP contribution >= 0.6 is 27.3 Å². The molecule has 17 heavy (non-hydrogen) atoms. The minimum atomic E-state index is -0.837. The van der Waals surface area contributed by atoms with Crippen molar-refractivity contribution in [3.8, 4) is 0 Å². The molecule has 1 saturated heterocycles. The number of hydrogen-bond acceptors (Lipinski definition) is 3. The maximum absolute atomic E-state index is 11.6. The lowest BCUT2D eigenvalue weighted by molar-refractivity contribution is -0.146. The van der Waals surface area contributed by atoms with E-state index in [1.54, 1.807) is 11.3 Å². The number of carboxylic acid groups (broad SMARTS) is 1. The highest BCUT2D eigenvalue weighted by atomic mass is 79.9. The molecule has 1 fully saturated rings. The SMILES string of the molecule is O=C(O)C1CN(C(=O)NCc2ccc(Br)s2)C1. The van der Waals surface area contributed by atoms with E-state index in [2.05, 4.69) is 21.2 Å². The molecule has 0 spiro atoms. The van der Waals surface area contributed by atoms with Crippen LogP contribution in [0.1, 0.15) is 4.88 Å². The molecular formula is C10H11BrN2O3S. The van der Waals surface area contributed by atoms with Crippen molar-refractivity contribution >= 4 is 39.3 Å². The first-order valence-electron chi connectivity index (χ1n) is 5.06. The van der Waals surface area contributed by atoms with Gasteiger partial charge in [-0.15, -0.1) is 11.3 Å². The number of nitrogens with one attached hydrogen (secondary N) is 1. The van der Waals surface area contributed by atoms with E-state index in [1.165, 1.54) is 4.90 Å².